The molecule has 0 spiro atoms. The van der Waals surface area contributed by atoms with E-state index in [0.29, 0.717) is 13.0 Å². The molecular formula is C15H21ClF3N3O3S. The zero-order valence-electron chi connectivity index (χ0n) is 14.0. The van der Waals surface area contributed by atoms with E-state index in [2.05, 4.69) is 10.0 Å². The normalized spacial score (nSPS) is 20.9. The van der Waals surface area contributed by atoms with Crippen molar-refractivity contribution in [3.8, 4) is 0 Å². The molecule has 148 valence electrons. The van der Waals surface area contributed by atoms with Crippen molar-refractivity contribution in [3.63, 3.8) is 0 Å². The van der Waals surface area contributed by atoms with Gasteiger partial charge in [0.1, 0.15) is 6.54 Å². The summed E-state index contributed by atoms with van der Waals surface area (Å²) in [6.45, 7) is 1.93. The van der Waals surface area contributed by atoms with E-state index in [-0.39, 0.29) is 34.8 Å². The highest BCUT2D eigenvalue weighted by Gasteiger charge is 2.28. The lowest BCUT2D eigenvalue weighted by atomic mass is 9.97. The lowest BCUT2D eigenvalue weighted by molar-refractivity contribution is -0.123. The molecule has 2 unspecified atom stereocenters. The van der Waals surface area contributed by atoms with Crippen LogP contribution in [-0.4, -0.2) is 46.2 Å². The van der Waals surface area contributed by atoms with E-state index >= 15 is 0 Å². The van der Waals surface area contributed by atoms with Crippen LogP contribution in [0.2, 0.25) is 0 Å². The van der Waals surface area contributed by atoms with Crippen molar-refractivity contribution in [2.45, 2.75) is 30.5 Å². The fourth-order valence-corrected chi connectivity index (χ4v) is 3.90. The number of sulfonamides is 1. The predicted octanol–water partition coefficient (Wildman–Crippen LogP) is 1.68. The molecule has 1 heterocycles. The van der Waals surface area contributed by atoms with Gasteiger partial charge >= 0.3 is 6.18 Å². The van der Waals surface area contributed by atoms with Gasteiger partial charge in [0.15, 0.2) is 0 Å². The minimum Gasteiger partial charge on any atom is -0.343 e. The van der Waals surface area contributed by atoms with Crippen molar-refractivity contribution in [1.82, 2.24) is 15.4 Å². The van der Waals surface area contributed by atoms with Crippen molar-refractivity contribution in [3.05, 3.63) is 29.8 Å². The molecule has 0 radical (unpaired) electrons. The lowest BCUT2D eigenvalue weighted by Gasteiger charge is -2.29. The highest BCUT2D eigenvalue weighted by Crippen LogP contribution is 2.17. The first-order valence-corrected chi connectivity index (χ1v) is 9.25. The Morgan fingerprint density at radius 3 is 2.42 bits per heavy atom. The van der Waals surface area contributed by atoms with Gasteiger partial charge in [-0.15, -0.1) is 12.4 Å². The van der Waals surface area contributed by atoms with Crippen LogP contribution in [0.15, 0.2) is 29.2 Å². The summed E-state index contributed by atoms with van der Waals surface area (Å²) in [6, 6.07) is 4.59. The maximum atomic E-state index is 12.4. The average molecular weight is 416 g/mol. The van der Waals surface area contributed by atoms with Crippen molar-refractivity contribution in [1.29, 1.82) is 0 Å². The molecule has 26 heavy (non-hydrogen) atoms. The molecule has 3 N–H and O–H groups in total. The molecule has 0 saturated carbocycles. The van der Waals surface area contributed by atoms with Crippen LogP contribution >= 0.6 is 12.4 Å². The minimum atomic E-state index is -4.51. The van der Waals surface area contributed by atoms with Gasteiger partial charge in [-0.25, -0.2) is 13.1 Å². The predicted molar refractivity (Wildman–Crippen MR) is 92.8 cm³/mol. The van der Waals surface area contributed by atoms with Crippen LogP contribution in [0.5, 0.6) is 0 Å². The Bertz CT molecular complexity index is 711. The van der Waals surface area contributed by atoms with Crippen LogP contribution in [0.1, 0.15) is 23.7 Å². The fourth-order valence-electron chi connectivity index (χ4n) is 2.52. The van der Waals surface area contributed by atoms with Gasteiger partial charge in [0.05, 0.1) is 4.90 Å². The zero-order valence-corrected chi connectivity index (χ0v) is 15.6. The standard InChI is InChI=1S/C15H20F3N3O3S.ClH/c1-10-8-19-7-6-13(10)21-25(23,24)12-4-2-11(3-5-12)14(22)20-9-15(16,17)18;/h2-5,10,13,19,21H,6-9H2,1H3,(H,20,22);1H. The van der Waals surface area contributed by atoms with Crippen molar-refractivity contribution in [2.75, 3.05) is 19.6 Å². The van der Waals surface area contributed by atoms with Crippen LogP contribution in [0.4, 0.5) is 13.2 Å². The highest BCUT2D eigenvalue weighted by atomic mass is 35.5. The SMILES string of the molecule is CC1CNCCC1NS(=O)(=O)c1ccc(C(=O)NCC(F)(F)F)cc1.Cl. The maximum absolute atomic E-state index is 12.4. The Morgan fingerprint density at radius 1 is 1.27 bits per heavy atom. The summed E-state index contributed by atoms with van der Waals surface area (Å²) in [7, 11) is -3.76. The number of carbonyl (C=O) groups excluding carboxylic acids is 1. The molecule has 0 aromatic heterocycles. The van der Waals surface area contributed by atoms with Gasteiger partial charge < -0.3 is 10.6 Å². The van der Waals surface area contributed by atoms with E-state index in [1.54, 1.807) is 5.32 Å². The van der Waals surface area contributed by atoms with Crippen LogP contribution in [-0.2, 0) is 10.0 Å². The molecule has 6 nitrogen and oxygen atoms in total. The number of carbonyl (C=O) groups is 1. The van der Waals surface area contributed by atoms with Crippen LogP contribution in [0, 0.1) is 5.92 Å². The third-order valence-corrected chi connectivity index (χ3v) is 5.47. The largest absolute Gasteiger partial charge is 0.405 e. The van der Waals surface area contributed by atoms with Crippen molar-refractivity contribution < 1.29 is 26.4 Å². The topological polar surface area (TPSA) is 87.3 Å². The van der Waals surface area contributed by atoms with E-state index in [0.717, 1.165) is 6.54 Å². The van der Waals surface area contributed by atoms with Gasteiger partial charge in [-0.3, -0.25) is 4.79 Å². The third kappa shape index (κ3) is 6.42. The summed E-state index contributed by atoms with van der Waals surface area (Å²) in [5.41, 5.74) is -0.0431. The summed E-state index contributed by atoms with van der Waals surface area (Å²) >= 11 is 0. The van der Waals surface area contributed by atoms with E-state index in [1.165, 1.54) is 24.3 Å². The molecule has 1 aliphatic heterocycles. The molecule has 1 saturated heterocycles. The first-order valence-electron chi connectivity index (χ1n) is 7.76. The van der Waals surface area contributed by atoms with E-state index in [9.17, 15) is 26.4 Å². The number of amides is 1. The number of rotatable bonds is 5. The zero-order chi connectivity index (χ0) is 18.7. The van der Waals surface area contributed by atoms with E-state index in [1.807, 2.05) is 6.92 Å². The molecule has 1 aliphatic rings. The quantitative estimate of drug-likeness (QED) is 0.682. The maximum Gasteiger partial charge on any atom is 0.405 e. The molecule has 1 aromatic rings. The van der Waals surface area contributed by atoms with Crippen LogP contribution < -0.4 is 15.4 Å². The fraction of sp³-hybridized carbons (Fsp3) is 0.533. The molecular weight excluding hydrogens is 395 g/mol. The van der Waals surface area contributed by atoms with Crippen molar-refractivity contribution >= 4 is 28.3 Å². The first-order chi connectivity index (χ1) is 11.6. The number of halogens is 4. The number of hydrogen-bond donors (Lipinski definition) is 3. The molecule has 1 fully saturated rings. The molecule has 2 rings (SSSR count). The summed E-state index contributed by atoms with van der Waals surface area (Å²) in [6.07, 6.45) is -3.84. The summed E-state index contributed by atoms with van der Waals surface area (Å²) in [5, 5.41) is 4.91. The number of hydrogen-bond acceptors (Lipinski definition) is 4. The molecule has 0 aliphatic carbocycles. The van der Waals surface area contributed by atoms with Crippen LogP contribution in [0.25, 0.3) is 0 Å². The Morgan fingerprint density at radius 2 is 1.88 bits per heavy atom. The summed E-state index contributed by atoms with van der Waals surface area (Å²) in [4.78, 5) is 11.6. The Labute approximate surface area is 156 Å². The molecule has 0 bridgehead atoms. The smallest absolute Gasteiger partial charge is 0.343 e. The first kappa shape index (κ1) is 22.7. The Kier molecular flexibility index (Phi) is 7.87. The van der Waals surface area contributed by atoms with Gasteiger partial charge in [0, 0.05) is 11.6 Å². The number of benzene rings is 1. The van der Waals surface area contributed by atoms with Gasteiger partial charge in [-0.05, 0) is 49.7 Å². The second-order valence-corrected chi connectivity index (χ2v) is 7.73. The second-order valence-electron chi connectivity index (χ2n) is 6.02. The average Bonchev–Trinajstić information content (AvgIpc) is 2.54. The van der Waals surface area contributed by atoms with Gasteiger partial charge in [-0.2, -0.15) is 13.2 Å². The van der Waals surface area contributed by atoms with Crippen molar-refractivity contribution in [2.24, 2.45) is 5.92 Å². The number of piperidine rings is 1. The number of alkyl halides is 3. The third-order valence-electron chi connectivity index (χ3n) is 3.97. The second kappa shape index (κ2) is 9.03. The molecule has 1 aromatic carbocycles. The van der Waals surface area contributed by atoms with E-state index < -0.39 is 28.7 Å². The lowest BCUT2D eigenvalue weighted by Crippen LogP contribution is -2.48. The van der Waals surface area contributed by atoms with Gasteiger partial charge in [0.2, 0.25) is 10.0 Å². The molecule has 2 atom stereocenters. The van der Waals surface area contributed by atoms with Gasteiger partial charge in [0.25, 0.3) is 5.91 Å². The highest BCUT2D eigenvalue weighted by molar-refractivity contribution is 7.89. The summed E-state index contributed by atoms with van der Waals surface area (Å²) < 4.78 is 63.7. The summed E-state index contributed by atoms with van der Waals surface area (Å²) in [5.74, 6) is -0.780. The molecule has 1 amide bonds. The molecule has 11 heteroatoms. The van der Waals surface area contributed by atoms with Gasteiger partial charge in [-0.1, -0.05) is 6.92 Å². The van der Waals surface area contributed by atoms with E-state index in [4.69, 9.17) is 0 Å². The Balaban J connectivity index is 0.00000338. The Hall–Kier alpha value is -1.36. The monoisotopic (exact) mass is 415 g/mol. The van der Waals surface area contributed by atoms with Crippen LogP contribution in [0.3, 0.4) is 0 Å². The minimum absolute atomic E-state index is 0. The number of nitrogens with one attached hydrogen (secondary N) is 3.